The lowest BCUT2D eigenvalue weighted by Gasteiger charge is -2.43. The van der Waals surface area contributed by atoms with Crippen LogP contribution in [0.5, 0.6) is 0 Å². The van der Waals surface area contributed by atoms with Crippen LogP contribution in [-0.2, 0) is 14.4 Å². The van der Waals surface area contributed by atoms with Crippen molar-refractivity contribution in [3.8, 4) is 0 Å². The molecular formula is C33H51FN6O4S. The summed E-state index contributed by atoms with van der Waals surface area (Å²) in [5.74, 6) is -0.737. The van der Waals surface area contributed by atoms with Crippen molar-refractivity contribution >= 4 is 41.2 Å². The lowest BCUT2D eigenvalue weighted by atomic mass is 9.92. The Hall–Kier alpha value is -2.86. The number of imide groups is 1. The molecule has 4 saturated heterocycles. The van der Waals surface area contributed by atoms with Crippen LogP contribution in [0.2, 0.25) is 0 Å². The van der Waals surface area contributed by atoms with E-state index >= 15 is 4.39 Å². The predicted molar refractivity (Wildman–Crippen MR) is 176 cm³/mol. The number of piperazine rings is 1. The number of carbonyl (C=O) groups excluding carboxylic acids is 4. The number of benzene rings is 1. The molecule has 250 valence electrons. The van der Waals surface area contributed by atoms with E-state index in [0.29, 0.717) is 51.3 Å². The number of nitrogens with one attached hydrogen (secondary N) is 1. The van der Waals surface area contributed by atoms with Crippen molar-refractivity contribution in [2.45, 2.75) is 89.4 Å². The van der Waals surface area contributed by atoms with Gasteiger partial charge in [0, 0.05) is 70.8 Å². The summed E-state index contributed by atoms with van der Waals surface area (Å²) >= 11 is 1.46. The highest BCUT2D eigenvalue weighted by atomic mass is 32.2. The summed E-state index contributed by atoms with van der Waals surface area (Å²) in [6.45, 7) is 17.6. The van der Waals surface area contributed by atoms with E-state index in [-0.39, 0.29) is 66.3 Å². The Morgan fingerprint density at radius 1 is 1.00 bits per heavy atom. The average Bonchev–Trinajstić information content (AvgIpc) is 3.47. The van der Waals surface area contributed by atoms with Gasteiger partial charge in [0.1, 0.15) is 17.7 Å². The number of thioether (sulfide) groups is 1. The Labute approximate surface area is 272 Å². The second kappa shape index (κ2) is 13.1. The zero-order valence-corrected chi connectivity index (χ0v) is 28.4. The number of nitrogens with zero attached hydrogens (tertiary/aromatic N) is 5. The first kappa shape index (κ1) is 33.5. The second-order valence-electron chi connectivity index (χ2n) is 14.9. The summed E-state index contributed by atoms with van der Waals surface area (Å²) in [7, 11) is 0. The van der Waals surface area contributed by atoms with Gasteiger partial charge in [-0.15, -0.1) is 11.8 Å². The van der Waals surface area contributed by atoms with Gasteiger partial charge in [0.15, 0.2) is 0 Å². The van der Waals surface area contributed by atoms with Crippen molar-refractivity contribution in [1.29, 1.82) is 0 Å². The molecule has 12 heteroatoms. The van der Waals surface area contributed by atoms with Gasteiger partial charge in [0.2, 0.25) is 17.7 Å². The summed E-state index contributed by atoms with van der Waals surface area (Å²) in [4.78, 5) is 61.0. The largest absolute Gasteiger partial charge is 0.366 e. The van der Waals surface area contributed by atoms with E-state index in [9.17, 15) is 19.2 Å². The fourth-order valence-corrected chi connectivity index (χ4v) is 8.28. The molecule has 0 spiro atoms. The lowest BCUT2D eigenvalue weighted by molar-refractivity contribution is -0.137. The highest BCUT2D eigenvalue weighted by Gasteiger charge is 2.45. The van der Waals surface area contributed by atoms with Crippen LogP contribution >= 0.6 is 11.8 Å². The number of piperidine rings is 1. The number of amides is 5. The molecule has 4 aliphatic rings. The van der Waals surface area contributed by atoms with E-state index in [1.165, 1.54) is 17.8 Å². The Morgan fingerprint density at radius 2 is 1.67 bits per heavy atom. The topological polar surface area (TPSA) is 96.5 Å². The number of urea groups is 1. The van der Waals surface area contributed by atoms with E-state index in [0.717, 1.165) is 25.1 Å². The molecule has 0 unspecified atom stereocenters. The lowest BCUT2D eigenvalue weighted by Crippen LogP contribution is -2.53. The minimum atomic E-state index is -0.559. The van der Waals surface area contributed by atoms with Gasteiger partial charge in [-0.25, -0.2) is 9.18 Å². The minimum Gasteiger partial charge on any atom is -0.366 e. The van der Waals surface area contributed by atoms with Crippen molar-refractivity contribution < 1.29 is 25.0 Å². The first-order chi connectivity index (χ1) is 21.1. The van der Waals surface area contributed by atoms with Crippen LogP contribution in [0.15, 0.2) is 18.2 Å². The van der Waals surface area contributed by atoms with Gasteiger partial charge >= 0.3 is 6.03 Å². The number of hydrogen-bond donors (Lipinski definition) is 1. The third-order valence-electron chi connectivity index (χ3n) is 9.51. The number of carbonyl (C=O) groups is 4. The third-order valence-corrected chi connectivity index (χ3v) is 11.0. The maximum absolute atomic E-state index is 15.7. The van der Waals surface area contributed by atoms with Crippen LogP contribution in [0, 0.1) is 11.2 Å². The van der Waals surface area contributed by atoms with Gasteiger partial charge in [-0.05, 0) is 51.5 Å². The van der Waals surface area contributed by atoms with E-state index in [4.69, 9.17) is 0 Å². The average molecular weight is 647 g/mol. The summed E-state index contributed by atoms with van der Waals surface area (Å²) in [5.41, 5.74) is 1.40. The fourth-order valence-electron chi connectivity index (χ4n) is 6.78. The van der Waals surface area contributed by atoms with E-state index in [1.54, 1.807) is 15.9 Å². The van der Waals surface area contributed by atoms with Gasteiger partial charge < -0.3 is 19.6 Å². The van der Waals surface area contributed by atoms with Crippen molar-refractivity contribution in [2.24, 2.45) is 5.41 Å². The zero-order chi connectivity index (χ0) is 32.7. The van der Waals surface area contributed by atoms with E-state index < -0.39 is 5.25 Å². The molecule has 4 heterocycles. The number of likely N-dealkylation sites (tertiary alicyclic amines) is 1. The molecular weight excluding hydrogens is 595 g/mol. The number of halogens is 1. The summed E-state index contributed by atoms with van der Waals surface area (Å²) in [6, 6.07) is 4.72. The zero-order valence-electron chi connectivity index (χ0n) is 27.6. The fraction of sp³-hybridized carbons (Fsp3) is 0.697. The van der Waals surface area contributed by atoms with Crippen LogP contribution in [0.1, 0.15) is 79.6 Å². The molecule has 5 amide bonds. The van der Waals surface area contributed by atoms with Crippen LogP contribution < -0.4 is 10.2 Å². The highest BCUT2D eigenvalue weighted by Crippen LogP contribution is 2.48. The Morgan fingerprint density at radius 3 is 2.24 bits per heavy atom. The third kappa shape index (κ3) is 7.59. The molecule has 0 bridgehead atoms. The van der Waals surface area contributed by atoms with Crippen molar-refractivity contribution in [1.82, 2.24) is 24.9 Å². The van der Waals surface area contributed by atoms with Gasteiger partial charge in [-0.2, -0.15) is 0 Å². The van der Waals surface area contributed by atoms with Gasteiger partial charge in [-0.3, -0.25) is 24.6 Å². The molecule has 45 heavy (non-hydrogen) atoms. The molecule has 0 radical (unpaired) electrons. The Kier molecular flexibility index (Phi) is 9.75. The second-order valence-corrected chi connectivity index (χ2v) is 16.2. The molecule has 0 saturated carbocycles. The molecule has 1 aromatic carbocycles. The number of rotatable bonds is 7. The molecule has 2 atom stereocenters. The Bertz CT molecular complexity index is 1300. The molecule has 1 aromatic rings. The molecule has 0 aromatic heterocycles. The van der Waals surface area contributed by atoms with E-state index in [1.807, 2.05) is 11.0 Å². The normalized spacial score (nSPS) is 24.2. The van der Waals surface area contributed by atoms with Crippen LogP contribution in [0.3, 0.4) is 0 Å². The van der Waals surface area contributed by atoms with Crippen molar-refractivity contribution in [3.63, 3.8) is 0 Å². The number of para-hydroxylation sites is 1. The minimum absolute atomic E-state index is 0. The quantitative estimate of drug-likeness (QED) is 0.442. The predicted octanol–water partition coefficient (Wildman–Crippen LogP) is 4.30. The molecule has 5 rings (SSSR count). The molecule has 1 N–H and O–H groups in total. The van der Waals surface area contributed by atoms with Gasteiger partial charge in [-0.1, -0.05) is 32.9 Å². The molecule has 4 fully saturated rings. The molecule has 0 aliphatic carbocycles. The van der Waals surface area contributed by atoms with E-state index in [2.05, 4.69) is 56.7 Å². The maximum Gasteiger partial charge on any atom is 0.324 e. The number of hydrogen-bond acceptors (Lipinski definition) is 7. The first-order valence-corrected chi connectivity index (χ1v) is 17.2. The smallest absolute Gasteiger partial charge is 0.324 e. The maximum atomic E-state index is 15.7. The monoisotopic (exact) mass is 646 g/mol. The van der Waals surface area contributed by atoms with Crippen molar-refractivity contribution in [3.05, 3.63) is 29.6 Å². The van der Waals surface area contributed by atoms with Crippen LogP contribution in [-0.4, -0.2) is 113 Å². The highest BCUT2D eigenvalue weighted by molar-refractivity contribution is 8.01. The summed E-state index contributed by atoms with van der Waals surface area (Å²) in [6.07, 6.45) is 2.04. The first-order valence-electron chi connectivity index (χ1n) is 16.2. The standard InChI is InChI=1S/C33H49FN6O4S.H2/c1-32(2,3)12-15-39-29(43)25(20-27(42)36-13-10-22(11-14-36)40-21-26(41)35-31(40)44)45-30(39)23-8-7-9-24(34)28(23)37-16-18-38(19-17-37)33(4,5)6;/h7-9,22,25,30H,10-21H2,1-6H3,(H,35,41,44);1H/t25-,30-;/m0./s1. The summed E-state index contributed by atoms with van der Waals surface area (Å²) in [5, 5.41) is 1.38. The van der Waals surface area contributed by atoms with Crippen LogP contribution in [0.4, 0.5) is 14.9 Å². The van der Waals surface area contributed by atoms with Gasteiger partial charge in [0.25, 0.3) is 0 Å². The van der Waals surface area contributed by atoms with Crippen molar-refractivity contribution in [2.75, 3.05) is 57.3 Å². The molecule has 4 aliphatic heterocycles. The van der Waals surface area contributed by atoms with Gasteiger partial charge in [0.05, 0.1) is 10.9 Å². The Balaban J connectivity index is 0.00000480. The number of anilines is 1. The van der Waals surface area contributed by atoms with Crippen LogP contribution in [0.25, 0.3) is 0 Å². The SMILES string of the molecule is CC(C)(C)CCN1C(=O)[C@H](CC(=O)N2CCC(N3CC(=O)NC3=O)CC2)S[C@H]1c1cccc(F)c1N1CCN(C(C)(C)C)CC1.[HH]. The summed E-state index contributed by atoms with van der Waals surface area (Å²) < 4.78 is 15.7. The molecule has 10 nitrogen and oxygen atoms in total.